The van der Waals surface area contributed by atoms with Gasteiger partial charge in [0, 0.05) is 0 Å². The summed E-state index contributed by atoms with van der Waals surface area (Å²) in [7, 11) is 0. The standard InChI is InChI=1S/C5H9.3ClH.Ti/c1-2-4-5-3-1;;;;/h1H,2-5H2;3*1H;/q;;;;+3/p-3. The second-order valence-corrected chi connectivity index (χ2v) is 3.26. The molecule has 0 spiro atoms. The molecule has 0 aliphatic heterocycles. The van der Waals surface area contributed by atoms with E-state index in [2.05, 4.69) is 20.4 Å². The van der Waals surface area contributed by atoms with Crippen LogP contribution in [0.5, 0.6) is 0 Å². The fraction of sp³-hybridized carbons (Fsp3) is 1.00. The van der Waals surface area contributed by atoms with Gasteiger partial charge in [-0.25, -0.2) is 0 Å². The Kier molecular flexibility index (Phi) is 18.0. The summed E-state index contributed by atoms with van der Waals surface area (Å²) in [6.07, 6.45) is 5.95. The van der Waals surface area contributed by atoms with Crippen LogP contribution < -0.4 is 37.2 Å². The summed E-state index contributed by atoms with van der Waals surface area (Å²) < 4.78 is 1.05. The van der Waals surface area contributed by atoms with Crippen molar-refractivity contribution in [3.8, 4) is 0 Å². The third kappa shape index (κ3) is 7.48. The molecule has 0 aromatic carbocycles. The predicted octanol–water partition coefficient (Wildman–Crippen LogP) is -7.09. The third-order valence-electron chi connectivity index (χ3n) is 1.36. The molecule has 1 rings (SSSR count). The summed E-state index contributed by atoms with van der Waals surface area (Å²) in [5.41, 5.74) is 0. The maximum absolute atomic E-state index is 2.34. The van der Waals surface area contributed by atoms with Crippen LogP contribution >= 0.6 is 0 Å². The van der Waals surface area contributed by atoms with Crippen molar-refractivity contribution in [2.45, 2.75) is 29.9 Å². The van der Waals surface area contributed by atoms with Crippen molar-refractivity contribution in [2.75, 3.05) is 0 Å². The Labute approximate surface area is 87.2 Å². The van der Waals surface area contributed by atoms with E-state index in [1.807, 2.05) is 0 Å². The molecule has 0 nitrogen and oxygen atoms in total. The van der Waals surface area contributed by atoms with Crippen LogP contribution in [-0.4, -0.2) is 0 Å². The third-order valence-corrected chi connectivity index (χ3v) is 2.26. The first-order chi connectivity index (χ1) is 2.89. The fourth-order valence-electron chi connectivity index (χ4n) is 0.926. The molecule has 4 heteroatoms. The summed E-state index contributed by atoms with van der Waals surface area (Å²) in [4.78, 5) is 0. The molecular formula is C5H9Cl3Ti. The minimum atomic E-state index is 0. The normalized spacial score (nSPS) is 17.1. The molecule has 1 fully saturated rings. The molecule has 0 atom stereocenters. The number of hydrogen-bond acceptors (Lipinski definition) is 0. The second-order valence-electron chi connectivity index (χ2n) is 1.98. The topological polar surface area (TPSA) is 0 Å². The molecule has 0 saturated heterocycles. The molecule has 0 aromatic heterocycles. The van der Waals surface area contributed by atoms with Crippen LogP contribution in [0.25, 0.3) is 0 Å². The van der Waals surface area contributed by atoms with E-state index in [1.54, 1.807) is 0 Å². The van der Waals surface area contributed by atoms with E-state index < -0.39 is 0 Å². The molecule has 0 heterocycles. The van der Waals surface area contributed by atoms with Gasteiger partial charge in [-0.15, -0.1) is 0 Å². The van der Waals surface area contributed by atoms with Crippen LogP contribution in [0.4, 0.5) is 0 Å². The molecule has 0 amide bonds. The van der Waals surface area contributed by atoms with Gasteiger partial charge in [0.25, 0.3) is 0 Å². The van der Waals surface area contributed by atoms with E-state index in [9.17, 15) is 0 Å². The van der Waals surface area contributed by atoms with E-state index in [0.717, 1.165) is 4.22 Å². The number of rotatable bonds is 0. The maximum atomic E-state index is 2.34. The Bertz CT molecular complexity index is 45.5. The van der Waals surface area contributed by atoms with Gasteiger partial charge in [0.2, 0.25) is 0 Å². The molecule has 54 valence electrons. The van der Waals surface area contributed by atoms with Crippen molar-refractivity contribution in [2.24, 2.45) is 0 Å². The van der Waals surface area contributed by atoms with Crippen molar-refractivity contribution >= 4 is 0 Å². The van der Waals surface area contributed by atoms with Crippen LogP contribution in [-0.2, 0) is 20.4 Å². The Balaban J connectivity index is -0.000000120. The second kappa shape index (κ2) is 9.58. The van der Waals surface area contributed by atoms with Gasteiger partial charge >= 0.3 is 50.3 Å². The Morgan fingerprint density at radius 2 is 1.22 bits per heavy atom. The van der Waals surface area contributed by atoms with Crippen molar-refractivity contribution in [1.29, 1.82) is 0 Å². The van der Waals surface area contributed by atoms with Crippen LogP contribution in [0, 0.1) is 0 Å². The van der Waals surface area contributed by atoms with Gasteiger partial charge in [-0.3, -0.25) is 0 Å². The zero-order valence-electron chi connectivity index (χ0n) is 5.04. The van der Waals surface area contributed by atoms with Crippen molar-refractivity contribution in [3.63, 3.8) is 0 Å². The van der Waals surface area contributed by atoms with Gasteiger partial charge in [-0.2, -0.15) is 0 Å². The van der Waals surface area contributed by atoms with E-state index in [0.29, 0.717) is 0 Å². The van der Waals surface area contributed by atoms with Crippen LogP contribution in [0.2, 0.25) is 4.22 Å². The fourth-order valence-corrected chi connectivity index (χ4v) is 1.56. The number of halogens is 3. The molecule has 1 aliphatic carbocycles. The van der Waals surface area contributed by atoms with Crippen LogP contribution in [0.1, 0.15) is 25.7 Å². The van der Waals surface area contributed by atoms with Gasteiger partial charge in [-0.1, -0.05) is 0 Å². The summed E-state index contributed by atoms with van der Waals surface area (Å²) in [5, 5.41) is 0. The molecule has 0 N–H and O–H groups in total. The zero-order chi connectivity index (χ0) is 4.41. The van der Waals surface area contributed by atoms with Gasteiger partial charge in [-0.05, 0) is 0 Å². The number of hydrogen-bond donors (Lipinski definition) is 0. The van der Waals surface area contributed by atoms with Gasteiger partial charge in [0.15, 0.2) is 0 Å². The van der Waals surface area contributed by atoms with Crippen LogP contribution in [0.3, 0.4) is 0 Å². The first-order valence-corrected chi connectivity index (χ1v) is 3.51. The molecule has 9 heavy (non-hydrogen) atoms. The van der Waals surface area contributed by atoms with E-state index in [4.69, 9.17) is 0 Å². The Morgan fingerprint density at radius 1 is 0.889 bits per heavy atom. The van der Waals surface area contributed by atoms with Gasteiger partial charge < -0.3 is 37.2 Å². The Hall–Kier alpha value is 1.58. The zero-order valence-corrected chi connectivity index (χ0v) is 8.87. The summed E-state index contributed by atoms with van der Waals surface area (Å²) in [6, 6.07) is 0. The summed E-state index contributed by atoms with van der Waals surface area (Å²) >= 11 is 2.34. The van der Waals surface area contributed by atoms with Gasteiger partial charge in [0.05, 0.1) is 0 Å². The monoisotopic (exact) mass is 222 g/mol. The minimum absolute atomic E-state index is 0. The SMILES string of the molecule is [Cl-].[Cl-].[Cl-].[Ti+3][CH]1CCCC1. The van der Waals surface area contributed by atoms with Gasteiger partial charge in [0.1, 0.15) is 0 Å². The first-order valence-electron chi connectivity index (χ1n) is 2.61. The average Bonchev–Trinajstić information content (AvgIpc) is 1.86. The van der Waals surface area contributed by atoms with E-state index >= 15 is 0 Å². The average molecular weight is 223 g/mol. The summed E-state index contributed by atoms with van der Waals surface area (Å²) in [6.45, 7) is 0. The Morgan fingerprint density at radius 3 is 1.33 bits per heavy atom. The molecule has 0 unspecified atom stereocenters. The molecule has 1 saturated carbocycles. The first kappa shape index (κ1) is 16.9. The molecule has 0 bridgehead atoms. The molecular weight excluding hydrogens is 214 g/mol. The molecule has 1 aliphatic rings. The molecule has 0 aromatic rings. The van der Waals surface area contributed by atoms with Crippen molar-refractivity contribution < 1.29 is 57.7 Å². The van der Waals surface area contributed by atoms with Crippen molar-refractivity contribution in [1.82, 2.24) is 0 Å². The predicted molar refractivity (Wildman–Crippen MR) is 22.2 cm³/mol. The quantitative estimate of drug-likeness (QED) is 0.358. The van der Waals surface area contributed by atoms with Crippen LogP contribution in [0.15, 0.2) is 0 Å². The molecule has 0 radical (unpaired) electrons. The van der Waals surface area contributed by atoms with E-state index in [1.165, 1.54) is 25.7 Å². The van der Waals surface area contributed by atoms with E-state index in [-0.39, 0.29) is 37.2 Å². The van der Waals surface area contributed by atoms with Crippen molar-refractivity contribution in [3.05, 3.63) is 0 Å². The summed E-state index contributed by atoms with van der Waals surface area (Å²) in [5.74, 6) is 0.